The van der Waals surface area contributed by atoms with Crippen LogP contribution in [-0.4, -0.2) is 19.9 Å². The molecule has 0 amide bonds. The van der Waals surface area contributed by atoms with Crippen molar-refractivity contribution >= 4 is 62.8 Å². The smallest absolute Gasteiger partial charge is 0.147 e. The summed E-state index contributed by atoms with van der Waals surface area (Å²) in [7, 11) is -1.57. The van der Waals surface area contributed by atoms with Crippen LogP contribution in [0.5, 0.6) is 0 Å². The minimum absolute atomic E-state index is 0. The first kappa shape index (κ1) is 29.4. The van der Waals surface area contributed by atoms with Crippen molar-refractivity contribution in [2.75, 3.05) is 0 Å². The first-order chi connectivity index (χ1) is 17.0. The van der Waals surface area contributed by atoms with Crippen molar-refractivity contribution in [1.82, 2.24) is 4.98 Å². The SMILES string of the molecule is C[Si](C)(C)C1=Cc2c(-c3cnc4ccccc4c3)cccc2[CH]1[Zr]([CH3])([CH3])(=[SiH2])[CH]1C=Cc2ccccc21.Cl.Cl. The Kier molecular flexibility index (Phi) is 7.84. The number of hydrogen-bond donors (Lipinski definition) is 0. The number of allylic oxidation sites excluding steroid dienone is 2. The Morgan fingerprint density at radius 3 is 2.29 bits per heavy atom. The van der Waals surface area contributed by atoms with Gasteiger partial charge in [-0.3, -0.25) is 0 Å². The molecule has 2 atom stereocenters. The maximum atomic E-state index is 4.81. The third kappa shape index (κ3) is 4.71. The summed E-state index contributed by atoms with van der Waals surface area (Å²) >= 11 is -3.44. The van der Waals surface area contributed by atoms with Crippen LogP contribution in [0, 0.1) is 0 Å². The Labute approximate surface area is 243 Å². The monoisotopic (exact) mass is 651 g/mol. The molecule has 2 unspecified atom stereocenters. The predicted octanol–water partition coefficient (Wildman–Crippen LogP) is 9.16. The van der Waals surface area contributed by atoms with E-state index in [4.69, 9.17) is 4.98 Å². The molecule has 6 rings (SSSR count). The molecule has 2 aliphatic carbocycles. The number of aromatic nitrogens is 1. The van der Waals surface area contributed by atoms with Gasteiger partial charge >= 0.3 is 220 Å². The molecule has 2 aliphatic rings. The Hall–Kier alpha value is -1.55. The van der Waals surface area contributed by atoms with Gasteiger partial charge in [0, 0.05) is 0 Å². The fourth-order valence-electron chi connectivity index (χ4n) is 6.80. The average molecular weight is 654 g/mol. The van der Waals surface area contributed by atoms with Crippen LogP contribution in [0.2, 0.25) is 28.9 Å². The maximum Gasteiger partial charge on any atom is -0.147 e. The van der Waals surface area contributed by atoms with Crippen molar-refractivity contribution in [3.05, 3.63) is 113 Å². The molecule has 0 fully saturated rings. The van der Waals surface area contributed by atoms with E-state index in [1.807, 2.05) is 0 Å². The molecular weight excluding hydrogens is 617 g/mol. The number of fused-ring (bicyclic) bond motifs is 3. The number of halogens is 2. The molecule has 6 heteroatoms. The van der Waals surface area contributed by atoms with Crippen LogP contribution in [0.1, 0.15) is 29.5 Å². The summed E-state index contributed by atoms with van der Waals surface area (Å²) in [4.78, 5) is 4.81. The van der Waals surface area contributed by atoms with Crippen LogP contribution >= 0.6 is 24.8 Å². The molecule has 3 aromatic carbocycles. The number of hydrogen-bond acceptors (Lipinski definition) is 1. The van der Waals surface area contributed by atoms with Gasteiger partial charge < -0.3 is 0 Å². The van der Waals surface area contributed by atoms with Crippen molar-refractivity contribution < 1.29 is 17.4 Å². The minimum Gasteiger partial charge on any atom is -0.147 e. The summed E-state index contributed by atoms with van der Waals surface area (Å²) < 4.78 is 6.60. The van der Waals surface area contributed by atoms with E-state index in [1.165, 1.54) is 27.6 Å². The van der Waals surface area contributed by atoms with E-state index in [-0.39, 0.29) is 24.8 Å². The molecule has 1 nitrogen and oxygen atoms in total. The zero-order chi connectivity index (χ0) is 25.3. The van der Waals surface area contributed by atoms with Gasteiger partial charge in [-0.25, -0.2) is 0 Å². The van der Waals surface area contributed by atoms with Gasteiger partial charge in [0.2, 0.25) is 0 Å². The molecule has 4 aromatic rings. The molecule has 38 heavy (non-hydrogen) atoms. The zero-order valence-electron chi connectivity index (χ0n) is 22.9. The topological polar surface area (TPSA) is 12.9 Å². The first-order valence-corrected chi connectivity index (χ1v) is 30.3. The number of benzene rings is 3. The Morgan fingerprint density at radius 2 is 1.53 bits per heavy atom. The van der Waals surface area contributed by atoms with E-state index in [0.29, 0.717) is 7.25 Å². The molecule has 196 valence electrons. The van der Waals surface area contributed by atoms with Gasteiger partial charge in [0.1, 0.15) is 0 Å². The molecular formula is C32H37Cl2NSi2Zr. The predicted molar refractivity (Wildman–Crippen MR) is 174 cm³/mol. The van der Waals surface area contributed by atoms with Gasteiger partial charge in [-0.15, -0.1) is 24.8 Å². The Bertz CT molecular complexity index is 1680. The van der Waals surface area contributed by atoms with Gasteiger partial charge in [-0.1, -0.05) is 0 Å². The van der Waals surface area contributed by atoms with Crippen LogP contribution in [-0.2, 0) is 17.4 Å². The van der Waals surface area contributed by atoms with E-state index < -0.39 is 25.5 Å². The Balaban J connectivity index is 0.00000168. The van der Waals surface area contributed by atoms with Gasteiger partial charge in [0.25, 0.3) is 0 Å². The molecule has 0 saturated carbocycles. The molecule has 1 aromatic heterocycles. The summed E-state index contributed by atoms with van der Waals surface area (Å²) in [6, 6.07) is 26.9. The molecule has 0 aliphatic heterocycles. The molecule has 0 N–H and O–H groups in total. The third-order valence-corrected chi connectivity index (χ3v) is 28.9. The Morgan fingerprint density at radius 1 is 0.842 bits per heavy atom. The largest absolute Gasteiger partial charge is 0.147 e. The second-order valence-corrected chi connectivity index (χ2v) is 48.6. The van der Waals surface area contributed by atoms with Crippen molar-refractivity contribution in [1.29, 1.82) is 0 Å². The average Bonchev–Trinajstić information content (AvgIpc) is 3.47. The van der Waals surface area contributed by atoms with E-state index in [2.05, 4.69) is 133 Å². The zero-order valence-corrected chi connectivity index (χ0v) is 29.4. The quantitative estimate of drug-likeness (QED) is 0.200. The van der Waals surface area contributed by atoms with Crippen molar-refractivity contribution in [3.63, 3.8) is 0 Å². The molecule has 0 bridgehead atoms. The van der Waals surface area contributed by atoms with Gasteiger partial charge in [-0.05, 0) is 0 Å². The fraction of sp³-hybridized carbons (Fsp3) is 0.219. The van der Waals surface area contributed by atoms with Crippen molar-refractivity contribution in [2.45, 2.75) is 36.2 Å². The number of rotatable bonds is 4. The number of para-hydroxylation sites is 1. The van der Waals surface area contributed by atoms with E-state index in [0.717, 1.165) is 5.52 Å². The second-order valence-electron chi connectivity index (χ2n) is 12.9. The summed E-state index contributed by atoms with van der Waals surface area (Å²) in [5.74, 6) is 0. The van der Waals surface area contributed by atoms with Gasteiger partial charge in [-0.2, -0.15) is 0 Å². The normalized spacial score (nSPS) is 18.3. The maximum absolute atomic E-state index is 4.81. The molecule has 0 spiro atoms. The van der Waals surface area contributed by atoms with E-state index >= 15 is 0 Å². The van der Waals surface area contributed by atoms with E-state index in [1.54, 1.807) is 16.3 Å². The summed E-state index contributed by atoms with van der Waals surface area (Å²) in [6.45, 7) is 10.1. The van der Waals surface area contributed by atoms with Crippen LogP contribution in [0.3, 0.4) is 0 Å². The number of nitrogens with zero attached hydrogens (tertiary/aromatic N) is 1. The fourth-order valence-corrected chi connectivity index (χ4v) is 32.0. The second kappa shape index (κ2) is 10.1. The first-order valence-electron chi connectivity index (χ1n) is 13.1. The summed E-state index contributed by atoms with van der Waals surface area (Å²) in [5.41, 5.74) is 9.61. The molecule has 1 heterocycles. The van der Waals surface area contributed by atoms with E-state index in [9.17, 15) is 0 Å². The van der Waals surface area contributed by atoms with Crippen molar-refractivity contribution in [3.8, 4) is 11.1 Å². The molecule has 0 saturated heterocycles. The van der Waals surface area contributed by atoms with Crippen LogP contribution < -0.4 is 0 Å². The number of pyridine rings is 1. The third-order valence-electron chi connectivity index (χ3n) is 8.60. The summed E-state index contributed by atoms with van der Waals surface area (Å²) in [5, 5.41) is 2.96. The van der Waals surface area contributed by atoms with Crippen LogP contribution in [0.25, 0.3) is 34.2 Å². The standard InChI is InChI=1S/C21H20NSi.C9H7.2CH3.2ClH.H2Si.Zr/c1-23(2,3)18-12-15-8-6-9-19(20(15)13-18)17-11-16-7-4-5-10-21(16)22-14-17;1-2-5-9-7-3-6-8(9)4-1;;;;;;/h4-14H,1-3H3;1-7H;2*1H3;2*1H;1H2;. The van der Waals surface area contributed by atoms with Crippen molar-refractivity contribution in [2.24, 2.45) is 0 Å². The van der Waals surface area contributed by atoms with Crippen LogP contribution in [0.15, 0.2) is 90.3 Å². The van der Waals surface area contributed by atoms with Gasteiger partial charge in [0.05, 0.1) is 0 Å². The summed E-state index contributed by atoms with van der Waals surface area (Å²) in [6.07, 6.45) is 9.63. The van der Waals surface area contributed by atoms with Crippen LogP contribution in [0.4, 0.5) is 0 Å². The van der Waals surface area contributed by atoms with Gasteiger partial charge in [0.15, 0.2) is 0 Å². The molecule has 0 radical (unpaired) electrons. The minimum atomic E-state index is -3.44.